The predicted octanol–water partition coefficient (Wildman–Crippen LogP) is 5.52. The molecule has 0 aliphatic rings. The molecule has 0 heterocycles. The van der Waals surface area contributed by atoms with E-state index in [-0.39, 0.29) is 5.56 Å². The van der Waals surface area contributed by atoms with Crippen LogP contribution in [0.15, 0.2) is 36.1 Å². The average Bonchev–Trinajstić information content (AvgIpc) is 2.71. The van der Waals surface area contributed by atoms with Crippen LogP contribution in [0.4, 0.5) is 74.6 Å². The first-order chi connectivity index (χ1) is 16.5. The first-order valence-corrected chi connectivity index (χ1v) is 10.4. The molecule has 0 aromatic heterocycles. The van der Waals surface area contributed by atoms with Gasteiger partial charge in [0.15, 0.2) is 0 Å². The van der Waals surface area contributed by atoms with E-state index < -0.39 is 73.4 Å². The van der Waals surface area contributed by atoms with Crippen LogP contribution in [0.25, 0.3) is 0 Å². The molecule has 38 heavy (non-hydrogen) atoms. The van der Waals surface area contributed by atoms with Gasteiger partial charge >= 0.3 is 47.7 Å². The van der Waals surface area contributed by atoms with Gasteiger partial charge in [0.1, 0.15) is 11.9 Å². The zero-order chi connectivity index (χ0) is 30.6. The van der Waals surface area contributed by atoms with Crippen LogP contribution < -0.4 is 14.5 Å². The van der Waals surface area contributed by atoms with Gasteiger partial charge in [-0.1, -0.05) is 12.1 Å². The Bertz CT molecular complexity index is 1030. The highest BCUT2D eigenvalue weighted by atomic mass is 31.2. The molecule has 0 bridgehead atoms. The second kappa shape index (κ2) is 9.81. The Morgan fingerprint density at radius 1 is 0.658 bits per heavy atom. The number of hydrogen-bond donors (Lipinski definition) is 1. The van der Waals surface area contributed by atoms with Crippen molar-refractivity contribution in [3.8, 4) is 5.75 Å². The lowest BCUT2D eigenvalue weighted by Gasteiger charge is -2.41. The molecule has 220 valence electrons. The first kappa shape index (κ1) is 33.9. The fourth-order valence-electron chi connectivity index (χ4n) is 2.27. The number of hydrogen-bond acceptors (Lipinski definition) is 4. The molecule has 1 rings (SSSR count). The third-order valence-corrected chi connectivity index (χ3v) is 5.05. The maximum absolute atomic E-state index is 13.7. The molecule has 0 saturated heterocycles. The lowest BCUT2D eigenvalue weighted by atomic mass is 9.91. The minimum absolute atomic E-state index is 0.349. The molecule has 0 aliphatic heterocycles. The zero-order valence-corrected chi connectivity index (χ0v) is 18.0. The van der Waals surface area contributed by atoms with Crippen LogP contribution in [-0.2, 0) is 6.16 Å². The maximum atomic E-state index is 13.7. The van der Waals surface area contributed by atoms with Crippen LogP contribution in [0, 0.1) is 0 Å². The molecule has 0 unspecified atom stereocenters. The lowest BCUT2D eigenvalue weighted by molar-refractivity contribution is -0.451. The van der Waals surface area contributed by atoms with E-state index in [9.17, 15) is 84.4 Å². The molecule has 0 amide bonds. The number of allylic oxidation sites excluding steroid dienone is 1. The standard InChI is InChI=1S/C16H8F17O4P/c17-8(9(18)37-7-3-1-6(2-4-7)5-38(34,35)36)10(19,20)11(21,22)12(23,24)13(25,26)14(27,28)15(29,30)16(31,32)33/h1-4H,5H2,(H2,34,35,36)/p-1/b9-8-. The van der Waals surface area contributed by atoms with Crippen molar-refractivity contribution in [3.05, 3.63) is 41.7 Å². The molecular weight excluding hydrogens is 610 g/mol. The third kappa shape index (κ3) is 5.60. The SMILES string of the molecule is [O-][P+]([O-])(O)Cc1ccc(O/C(F)=C(\F)C(F)(F)C(F)(F)C(F)(F)C(F)(F)C(F)(F)C(F)(F)C(F)(F)F)cc1. The second-order valence-corrected chi connectivity index (χ2v) is 8.66. The largest absolute Gasteiger partial charge is 0.659 e. The zero-order valence-electron chi connectivity index (χ0n) is 17.1. The van der Waals surface area contributed by atoms with Crippen molar-refractivity contribution in [3.63, 3.8) is 0 Å². The van der Waals surface area contributed by atoms with Crippen LogP contribution in [0.1, 0.15) is 5.56 Å². The molecule has 1 N–H and O–H groups in total. The minimum Gasteiger partial charge on any atom is -0.659 e. The highest BCUT2D eigenvalue weighted by Gasteiger charge is 2.93. The molecule has 1 aromatic rings. The van der Waals surface area contributed by atoms with Gasteiger partial charge in [0.25, 0.3) is 0 Å². The fourth-order valence-corrected chi connectivity index (χ4v) is 2.94. The summed E-state index contributed by atoms with van der Waals surface area (Å²) in [6.45, 7) is 0. The fraction of sp³-hybridized carbons (Fsp3) is 0.500. The van der Waals surface area contributed by atoms with Crippen LogP contribution in [0.2, 0.25) is 0 Å². The smallest absolute Gasteiger partial charge is 0.460 e. The summed E-state index contributed by atoms with van der Waals surface area (Å²) in [5.74, 6) is -55.9. The maximum Gasteiger partial charge on any atom is 0.460 e. The van der Waals surface area contributed by atoms with Crippen molar-refractivity contribution < 1.29 is 94.1 Å². The summed E-state index contributed by atoms with van der Waals surface area (Å²) < 4.78 is 227. The van der Waals surface area contributed by atoms with E-state index in [1.54, 1.807) is 0 Å². The van der Waals surface area contributed by atoms with Crippen molar-refractivity contribution in [1.29, 1.82) is 0 Å². The van der Waals surface area contributed by atoms with Crippen LogP contribution >= 0.6 is 7.94 Å². The van der Waals surface area contributed by atoms with Crippen molar-refractivity contribution in [2.24, 2.45) is 0 Å². The summed E-state index contributed by atoms with van der Waals surface area (Å²) in [5, 5.41) is 0. The van der Waals surface area contributed by atoms with Crippen molar-refractivity contribution >= 4 is 7.94 Å². The lowest BCUT2D eigenvalue weighted by Crippen LogP contribution is -2.72. The van der Waals surface area contributed by atoms with E-state index in [2.05, 4.69) is 4.74 Å². The topological polar surface area (TPSA) is 75.6 Å². The summed E-state index contributed by atoms with van der Waals surface area (Å²) in [5.41, 5.74) is -0.349. The second-order valence-electron chi connectivity index (χ2n) is 7.07. The van der Waals surface area contributed by atoms with Gasteiger partial charge in [0.05, 0.1) is 7.94 Å². The van der Waals surface area contributed by atoms with E-state index in [4.69, 9.17) is 4.89 Å². The quantitative estimate of drug-likeness (QED) is 0.213. The molecule has 0 atom stereocenters. The summed E-state index contributed by atoms with van der Waals surface area (Å²) >= 11 is 0. The average molecular weight is 617 g/mol. The molecular formula is C16H7F17O4P-. The van der Waals surface area contributed by atoms with E-state index in [0.29, 0.717) is 24.3 Å². The van der Waals surface area contributed by atoms with Gasteiger partial charge in [-0.25, -0.2) is 0 Å². The van der Waals surface area contributed by atoms with E-state index in [0.717, 1.165) is 0 Å². The highest BCUT2D eigenvalue weighted by Crippen LogP contribution is 2.63. The van der Waals surface area contributed by atoms with Gasteiger partial charge < -0.3 is 14.5 Å². The Labute approximate surface area is 198 Å². The summed E-state index contributed by atoms with van der Waals surface area (Å²) in [7, 11) is -4.96. The van der Waals surface area contributed by atoms with Gasteiger partial charge in [-0.2, -0.15) is 74.6 Å². The monoisotopic (exact) mass is 617 g/mol. The van der Waals surface area contributed by atoms with E-state index >= 15 is 0 Å². The van der Waals surface area contributed by atoms with Gasteiger partial charge in [0, 0.05) is 0 Å². The number of benzene rings is 1. The van der Waals surface area contributed by atoms with E-state index in [1.165, 1.54) is 0 Å². The third-order valence-electron chi connectivity index (χ3n) is 4.29. The minimum atomic E-state index is -8.69. The number of halogens is 17. The molecule has 4 nitrogen and oxygen atoms in total. The Hall–Kier alpha value is -2.12. The normalized spacial score (nSPS) is 15.9. The van der Waals surface area contributed by atoms with Gasteiger partial charge in [-0.05, 0) is 17.7 Å². The molecule has 0 saturated carbocycles. The van der Waals surface area contributed by atoms with Gasteiger partial charge in [-0.15, -0.1) is 0 Å². The Morgan fingerprint density at radius 2 is 1.03 bits per heavy atom. The molecule has 0 spiro atoms. The van der Waals surface area contributed by atoms with Crippen LogP contribution in [-0.4, -0.2) is 46.6 Å². The van der Waals surface area contributed by atoms with Crippen LogP contribution in [0.3, 0.4) is 0 Å². The summed E-state index contributed by atoms with van der Waals surface area (Å²) in [6.07, 6.45) is -8.93. The number of ether oxygens (including phenoxy) is 1. The van der Waals surface area contributed by atoms with Gasteiger partial charge in [0.2, 0.25) is 5.83 Å². The Morgan fingerprint density at radius 3 is 1.39 bits per heavy atom. The van der Waals surface area contributed by atoms with E-state index in [1.807, 2.05) is 0 Å². The van der Waals surface area contributed by atoms with Crippen molar-refractivity contribution in [2.45, 2.75) is 47.9 Å². The Kier molecular flexibility index (Phi) is 8.75. The predicted molar refractivity (Wildman–Crippen MR) is 84.9 cm³/mol. The van der Waals surface area contributed by atoms with Crippen LogP contribution in [0.5, 0.6) is 5.75 Å². The number of rotatable bonds is 10. The molecule has 0 aliphatic carbocycles. The van der Waals surface area contributed by atoms with Crippen molar-refractivity contribution in [2.75, 3.05) is 0 Å². The highest BCUT2D eigenvalue weighted by molar-refractivity contribution is 7.54. The van der Waals surface area contributed by atoms with Gasteiger partial charge in [-0.3, -0.25) is 4.89 Å². The number of alkyl halides is 15. The molecule has 22 heteroatoms. The molecule has 1 aromatic carbocycles. The summed E-state index contributed by atoms with van der Waals surface area (Å²) in [6, 6.07) is -1.75. The summed E-state index contributed by atoms with van der Waals surface area (Å²) in [4.78, 5) is 30.0. The Balaban J connectivity index is 3.47. The first-order valence-electron chi connectivity index (χ1n) is 8.68. The molecule has 0 radical (unpaired) electrons. The van der Waals surface area contributed by atoms with Crippen molar-refractivity contribution in [1.82, 2.24) is 0 Å². The molecule has 0 fully saturated rings.